The van der Waals surface area contributed by atoms with Crippen molar-refractivity contribution in [2.45, 2.75) is 38.5 Å². The first kappa shape index (κ1) is 22.8. The molecule has 0 spiro atoms. The summed E-state index contributed by atoms with van der Waals surface area (Å²) in [5.41, 5.74) is 16.6. The quantitative estimate of drug-likeness (QED) is 0.228. The molecule has 0 atom stereocenters. The molecule has 2 heterocycles. The Hall–Kier alpha value is -4.15. The Morgan fingerprint density at radius 1 is 0.513 bits per heavy atom. The average Bonchev–Trinajstić information content (AvgIpc) is 3.60. The highest BCUT2D eigenvalue weighted by Gasteiger charge is 2.36. The molecule has 0 fully saturated rings. The van der Waals surface area contributed by atoms with Crippen LogP contribution in [-0.2, 0) is 10.8 Å². The molecule has 2 aliphatic carbocycles. The summed E-state index contributed by atoms with van der Waals surface area (Å²) in [6, 6.07) is 31.1. The first-order valence-electron chi connectivity index (χ1n) is 13.5. The zero-order chi connectivity index (χ0) is 26.5. The van der Waals surface area contributed by atoms with Crippen LogP contribution >= 0.6 is 11.7 Å². The van der Waals surface area contributed by atoms with Crippen LogP contribution in [0.2, 0.25) is 0 Å². The number of rotatable bonds is 2. The highest BCUT2D eigenvalue weighted by molar-refractivity contribution is 7.00. The molecule has 188 valence electrons. The van der Waals surface area contributed by atoms with Gasteiger partial charge < -0.3 is 0 Å². The average molecular weight is 522 g/mol. The molecule has 4 aromatic carbocycles. The van der Waals surface area contributed by atoms with E-state index in [2.05, 4.69) is 113 Å². The van der Waals surface area contributed by atoms with E-state index in [-0.39, 0.29) is 10.8 Å². The third-order valence-electron chi connectivity index (χ3n) is 9.04. The van der Waals surface area contributed by atoms with E-state index < -0.39 is 0 Å². The number of benzene rings is 4. The predicted molar refractivity (Wildman–Crippen MR) is 161 cm³/mol. The van der Waals surface area contributed by atoms with Gasteiger partial charge in [-0.25, -0.2) is 0 Å². The monoisotopic (exact) mass is 521 g/mol. The van der Waals surface area contributed by atoms with Crippen LogP contribution in [0.3, 0.4) is 0 Å². The summed E-state index contributed by atoms with van der Waals surface area (Å²) in [5.74, 6) is 0. The van der Waals surface area contributed by atoms with Crippen LogP contribution in [0.1, 0.15) is 49.9 Å². The summed E-state index contributed by atoms with van der Waals surface area (Å²) < 4.78 is 9.53. The molecular weight excluding hydrogens is 494 g/mol. The van der Waals surface area contributed by atoms with E-state index in [0.29, 0.717) is 0 Å². The van der Waals surface area contributed by atoms with Gasteiger partial charge in [0.2, 0.25) is 0 Å². The molecule has 0 radical (unpaired) electrons. The third kappa shape index (κ3) is 3.01. The zero-order valence-electron chi connectivity index (χ0n) is 22.4. The molecule has 0 N–H and O–H groups in total. The third-order valence-corrected chi connectivity index (χ3v) is 9.57. The van der Waals surface area contributed by atoms with Gasteiger partial charge in [0.1, 0.15) is 11.0 Å². The Bertz CT molecular complexity index is 1840. The first-order valence-corrected chi connectivity index (χ1v) is 14.2. The molecule has 0 saturated heterocycles. The SMILES string of the molecule is CC1(C)c2ccccc2-c2ccc(-c3cnc(-c4ccc5c(c4)C(C)(C)c4ccccc4-5)c4nsnc34)cc21. The van der Waals surface area contributed by atoms with Crippen molar-refractivity contribution in [3.05, 3.63) is 113 Å². The number of nitrogens with zero attached hydrogens (tertiary/aromatic N) is 3. The van der Waals surface area contributed by atoms with E-state index in [4.69, 9.17) is 13.7 Å². The van der Waals surface area contributed by atoms with Gasteiger partial charge in [0.05, 0.1) is 17.4 Å². The highest BCUT2D eigenvalue weighted by Crippen LogP contribution is 2.51. The lowest BCUT2D eigenvalue weighted by Gasteiger charge is -2.22. The molecule has 39 heavy (non-hydrogen) atoms. The van der Waals surface area contributed by atoms with Gasteiger partial charge in [0.25, 0.3) is 0 Å². The van der Waals surface area contributed by atoms with E-state index in [1.165, 1.54) is 56.2 Å². The highest BCUT2D eigenvalue weighted by atomic mass is 32.1. The first-order chi connectivity index (χ1) is 18.9. The molecule has 4 heteroatoms. The van der Waals surface area contributed by atoms with Crippen LogP contribution in [0.4, 0.5) is 0 Å². The second kappa shape index (κ2) is 7.71. The van der Waals surface area contributed by atoms with Crippen LogP contribution in [0.5, 0.6) is 0 Å². The standard InChI is InChI=1S/C35H27N3S/c1-34(2)27-11-7-5-9-22(27)24-15-13-20(17-29(24)34)26-19-36-31(33-32(26)37-39-38-33)21-14-16-25-23-10-6-8-12-28(23)35(3,4)30(25)18-21/h5-19H,1-4H3. The van der Waals surface area contributed by atoms with E-state index in [1.54, 1.807) is 0 Å². The Kier molecular flexibility index (Phi) is 4.50. The van der Waals surface area contributed by atoms with Gasteiger partial charge >= 0.3 is 0 Å². The van der Waals surface area contributed by atoms with Gasteiger partial charge in [-0.15, -0.1) is 0 Å². The fourth-order valence-corrected chi connectivity index (χ4v) is 7.48. The molecule has 0 bridgehead atoms. The molecule has 3 nitrogen and oxygen atoms in total. The molecule has 2 aliphatic rings. The van der Waals surface area contributed by atoms with Gasteiger partial charge in [-0.2, -0.15) is 8.75 Å². The molecule has 6 aromatic rings. The predicted octanol–water partition coefficient (Wildman–Crippen LogP) is 9.03. The van der Waals surface area contributed by atoms with Gasteiger partial charge in [0, 0.05) is 28.2 Å². The molecule has 0 saturated carbocycles. The Labute approximate surface area is 232 Å². The number of aromatic nitrogens is 3. The van der Waals surface area contributed by atoms with E-state index in [9.17, 15) is 0 Å². The van der Waals surface area contributed by atoms with Crippen molar-refractivity contribution in [2.75, 3.05) is 0 Å². The topological polar surface area (TPSA) is 38.7 Å². The van der Waals surface area contributed by atoms with Gasteiger partial charge in [-0.05, 0) is 62.2 Å². The molecule has 0 amide bonds. The van der Waals surface area contributed by atoms with Crippen LogP contribution in [0, 0.1) is 0 Å². The van der Waals surface area contributed by atoms with Crippen molar-refractivity contribution in [2.24, 2.45) is 0 Å². The summed E-state index contributed by atoms with van der Waals surface area (Å²) in [4.78, 5) is 5.02. The van der Waals surface area contributed by atoms with Gasteiger partial charge in [0.15, 0.2) is 0 Å². The molecule has 0 unspecified atom stereocenters. The summed E-state index contributed by atoms with van der Waals surface area (Å²) in [6.07, 6.45) is 1.99. The Morgan fingerprint density at radius 3 is 1.67 bits per heavy atom. The van der Waals surface area contributed by atoms with Crippen molar-refractivity contribution in [1.29, 1.82) is 0 Å². The van der Waals surface area contributed by atoms with E-state index in [0.717, 1.165) is 33.4 Å². The fraction of sp³-hybridized carbons (Fsp3) is 0.171. The Balaban J connectivity index is 1.26. The lowest BCUT2D eigenvalue weighted by Crippen LogP contribution is -2.15. The van der Waals surface area contributed by atoms with Crippen LogP contribution in [-0.4, -0.2) is 13.7 Å². The van der Waals surface area contributed by atoms with Crippen LogP contribution in [0.15, 0.2) is 91.1 Å². The Morgan fingerprint density at radius 2 is 1.03 bits per heavy atom. The minimum Gasteiger partial charge on any atom is -0.253 e. The normalized spacial score (nSPS) is 15.6. The number of hydrogen-bond acceptors (Lipinski definition) is 4. The zero-order valence-corrected chi connectivity index (χ0v) is 23.2. The maximum atomic E-state index is 5.02. The lowest BCUT2D eigenvalue weighted by atomic mass is 9.81. The van der Waals surface area contributed by atoms with Crippen molar-refractivity contribution in [3.8, 4) is 44.6 Å². The van der Waals surface area contributed by atoms with E-state index in [1.807, 2.05) is 6.20 Å². The number of pyridine rings is 1. The lowest BCUT2D eigenvalue weighted by molar-refractivity contribution is 0.660. The number of hydrogen-bond donors (Lipinski definition) is 0. The smallest absolute Gasteiger partial charge is 0.131 e. The largest absolute Gasteiger partial charge is 0.253 e. The fourth-order valence-electron chi connectivity index (χ4n) is 6.92. The minimum atomic E-state index is -0.0594. The summed E-state index contributed by atoms with van der Waals surface area (Å²) in [6.45, 7) is 9.25. The second-order valence-corrected chi connectivity index (χ2v) is 12.4. The van der Waals surface area contributed by atoms with Gasteiger partial charge in [-0.3, -0.25) is 4.98 Å². The summed E-state index contributed by atoms with van der Waals surface area (Å²) in [5, 5.41) is 0. The maximum Gasteiger partial charge on any atom is 0.131 e. The maximum absolute atomic E-state index is 5.02. The van der Waals surface area contributed by atoms with Crippen molar-refractivity contribution < 1.29 is 0 Å². The minimum absolute atomic E-state index is 0.0520. The van der Waals surface area contributed by atoms with Crippen molar-refractivity contribution in [1.82, 2.24) is 13.7 Å². The van der Waals surface area contributed by atoms with Gasteiger partial charge in [-0.1, -0.05) is 100 Å². The van der Waals surface area contributed by atoms with Crippen molar-refractivity contribution in [3.63, 3.8) is 0 Å². The number of fused-ring (bicyclic) bond motifs is 7. The van der Waals surface area contributed by atoms with Crippen LogP contribution in [0.25, 0.3) is 55.7 Å². The summed E-state index contributed by atoms with van der Waals surface area (Å²) in [7, 11) is 0. The van der Waals surface area contributed by atoms with Crippen LogP contribution < -0.4 is 0 Å². The summed E-state index contributed by atoms with van der Waals surface area (Å²) >= 11 is 1.26. The van der Waals surface area contributed by atoms with E-state index >= 15 is 0 Å². The second-order valence-electron chi connectivity index (χ2n) is 11.8. The molecule has 2 aromatic heterocycles. The molecule has 8 rings (SSSR count). The van der Waals surface area contributed by atoms with Crippen molar-refractivity contribution >= 4 is 22.8 Å². The molecule has 0 aliphatic heterocycles. The molecular formula is C35H27N3S.